The van der Waals surface area contributed by atoms with Gasteiger partial charge in [-0.2, -0.15) is 0 Å². The van der Waals surface area contributed by atoms with E-state index in [4.69, 9.17) is 10.6 Å². The molecule has 0 aliphatic carbocycles. The molecule has 0 spiro atoms. The van der Waals surface area contributed by atoms with Crippen LogP contribution in [0.3, 0.4) is 0 Å². The normalized spacial score (nSPS) is 11.7. The maximum atomic E-state index is 11.2. The summed E-state index contributed by atoms with van der Waals surface area (Å²) in [6, 6.07) is 6.95. The summed E-state index contributed by atoms with van der Waals surface area (Å²) in [5.74, 6) is 5.44. The first-order chi connectivity index (χ1) is 7.19. The molecule has 0 aromatic heterocycles. The molecule has 1 aromatic rings. The Morgan fingerprint density at radius 3 is 2.73 bits per heavy atom. The van der Waals surface area contributed by atoms with Crippen molar-refractivity contribution < 1.29 is 9.53 Å². The molecule has 5 nitrogen and oxygen atoms in total. The number of carbonyl (C=O) groups is 1. The highest BCUT2D eigenvalue weighted by atomic mass is 16.5. The van der Waals surface area contributed by atoms with E-state index in [0.717, 1.165) is 5.69 Å². The van der Waals surface area contributed by atoms with Crippen LogP contribution in [0.2, 0.25) is 0 Å². The summed E-state index contributed by atoms with van der Waals surface area (Å²) < 4.78 is 5.13. The van der Waals surface area contributed by atoms with Crippen LogP contribution in [0.15, 0.2) is 24.3 Å². The molecule has 0 bridgehead atoms. The average Bonchev–Trinajstić information content (AvgIpc) is 2.28. The monoisotopic (exact) mass is 209 g/mol. The van der Waals surface area contributed by atoms with E-state index in [1.807, 2.05) is 24.3 Å². The van der Waals surface area contributed by atoms with Crippen LogP contribution in [-0.4, -0.2) is 19.1 Å². The molecule has 82 valence electrons. The van der Waals surface area contributed by atoms with E-state index >= 15 is 0 Å². The molecule has 1 atom stereocenters. The van der Waals surface area contributed by atoms with Gasteiger partial charge in [-0.25, -0.2) is 5.84 Å². The molecular weight excluding hydrogens is 194 g/mol. The second-order valence-corrected chi connectivity index (χ2v) is 3.07. The van der Waals surface area contributed by atoms with Crippen molar-refractivity contribution in [1.29, 1.82) is 0 Å². The number of ether oxygens (including phenoxy) is 1. The number of benzene rings is 1. The van der Waals surface area contributed by atoms with Crippen LogP contribution >= 0.6 is 0 Å². The van der Waals surface area contributed by atoms with Gasteiger partial charge in [0.15, 0.2) is 0 Å². The first-order valence-corrected chi connectivity index (χ1v) is 4.59. The Morgan fingerprint density at radius 1 is 1.47 bits per heavy atom. The molecule has 1 amide bonds. The van der Waals surface area contributed by atoms with Crippen LogP contribution in [0.4, 0.5) is 5.69 Å². The largest absolute Gasteiger partial charge is 0.495 e. The van der Waals surface area contributed by atoms with E-state index in [9.17, 15) is 4.79 Å². The molecule has 0 heterocycles. The Hall–Kier alpha value is -1.75. The first kappa shape index (κ1) is 11.3. The van der Waals surface area contributed by atoms with E-state index < -0.39 is 6.04 Å². The number of nitrogens with two attached hydrogens (primary N) is 1. The zero-order valence-corrected chi connectivity index (χ0v) is 8.78. The Labute approximate surface area is 88.6 Å². The van der Waals surface area contributed by atoms with Crippen LogP contribution in [0.25, 0.3) is 0 Å². The number of hydrogen-bond acceptors (Lipinski definition) is 4. The molecule has 4 N–H and O–H groups in total. The summed E-state index contributed by atoms with van der Waals surface area (Å²) in [7, 11) is 1.58. The fourth-order valence-electron chi connectivity index (χ4n) is 1.19. The zero-order valence-electron chi connectivity index (χ0n) is 8.78. The number of nitrogens with one attached hydrogen (secondary N) is 2. The predicted octanol–water partition coefficient (Wildman–Crippen LogP) is 0.485. The lowest BCUT2D eigenvalue weighted by molar-refractivity contribution is -0.121. The predicted molar refractivity (Wildman–Crippen MR) is 58.4 cm³/mol. The van der Waals surface area contributed by atoms with Crippen molar-refractivity contribution in [3.05, 3.63) is 24.3 Å². The van der Waals surface area contributed by atoms with Gasteiger partial charge in [0.2, 0.25) is 0 Å². The van der Waals surface area contributed by atoms with Gasteiger partial charge in [-0.1, -0.05) is 12.1 Å². The maximum Gasteiger partial charge on any atom is 0.256 e. The SMILES string of the molecule is COc1ccccc1NC(C)C(=O)NN. The number of rotatable bonds is 4. The molecule has 0 aliphatic rings. The van der Waals surface area contributed by atoms with Crippen LogP contribution in [0, 0.1) is 0 Å². The molecule has 15 heavy (non-hydrogen) atoms. The molecule has 1 aromatic carbocycles. The van der Waals surface area contributed by atoms with Crippen molar-refractivity contribution in [2.24, 2.45) is 5.84 Å². The van der Waals surface area contributed by atoms with Gasteiger partial charge in [-0.15, -0.1) is 0 Å². The summed E-state index contributed by atoms with van der Waals surface area (Å²) in [6.07, 6.45) is 0. The van der Waals surface area contributed by atoms with E-state index in [1.54, 1.807) is 14.0 Å². The highest BCUT2D eigenvalue weighted by molar-refractivity contribution is 5.84. The number of anilines is 1. The van der Waals surface area contributed by atoms with Crippen molar-refractivity contribution >= 4 is 11.6 Å². The van der Waals surface area contributed by atoms with Gasteiger partial charge in [0.1, 0.15) is 11.8 Å². The van der Waals surface area contributed by atoms with Gasteiger partial charge in [0, 0.05) is 0 Å². The van der Waals surface area contributed by atoms with Crippen LogP contribution < -0.4 is 21.3 Å². The minimum absolute atomic E-state index is 0.277. The number of hydrogen-bond donors (Lipinski definition) is 3. The molecule has 5 heteroatoms. The van der Waals surface area contributed by atoms with E-state index in [1.165, 1.54) is 0 Å². The first-order valence-electron chi connectivity index (χ1n) is 4.59. The highest BCUT2D eigenvalue weighted by Crippen LogP contribution is 2.23. The summed E-state index contributed by atoms with van der Waals surface area (Å²) in [6.45, 7) is 1.72. The minimum Gasteiger partial charge on any atom is -0.495 e. The fraction of sp³-hybridized carbons (Fsp3) is 0.300. The van der Waals surface area contributed by atoms with Gasteiger partial charge in [-0.05, 0) is 19.1 Å². The molecule has 0 fully saturated rings. The molecule has 1 unspecified atom stereocenters. The zero-order chi connectivity index (χ0) is 11.3. The highest BCUT2D eigenvalue weighted by Gasteiger charge is 2.12. The van der Waals surface area contributed by atoms with Crippen LogP contribution in [0.5, 0.6) is 5.75 Å². The third-order valence-corrected chi connectivity index (χ3v) is 2.01. The summed E-state index contributed by atoms with van der Waals surface area (Å²) >= 11 is 0. The van der Waals surface area contributed by atoms with Crippen molar-refractivity contribution in [2.75, 3.05) is 12.4 Å². The van der Waals surface area contributed by atoms with Gasteiger partial charge in [0.05, 0.1) is 12.8 Å². The van der Waals surface area contributed by atoms with Crippen molar-refractivity contribution in [2.45, 2.75) is 13.0 Å². The van der Waals surface area contributed by atoms with Crippen molar-refractivity contribution in [3.63, 3.8) is 0 Å². The number of amides is 1. The third-order valence-electron chi connectivity index (χ3n) is 2.01. The Morgan fingerprint density at radius 2 is 2.13 bits per heavy atom. The molecule has 0 aliphatic heterocycles. The quantitative estimate of drug-likeness (QED) is 0.383. The Balaban J connectivity index is 2.75. The van der Waals surface area contributed by atoms with Gasteiger partial charge < -0.3 is 10.1 Å². The number of carbonyl (C=O) groups excluding carboxylic acids is 1. The van der Waals surface area contributed by atoms with Gasteiger partial charge >= 0.3 is 0 Å². The van der Waals surface area contributed by atoms with E-state index in [-0.39, 0.29) is 5.91 Å². The fourth-order valence-corrected chi connectivity index (χ4v) is 1.19. The minimum atomic E-state index is -0.411. The Bertz CT molecular complexity index is 341. The second-order valence-electron chi connectivity index (χ2n) is 3.07. The summed E-state index contributed by atoms with van der Waals surface area (Å²) in [4.78, 5) is 11.2. The van der Waals surface area contributed by atoms with Crippen LogP contribution in [0.1, 0.15) is 6.92 Å². The lowest BCUT2D eigenvalue weighted by Crippen LogP contribution is -2.41. The van der Waals surface area contributed by atoms with E-state index in [2.05, 4.69) is 10.7 Å². The third kappa shape index (κ3) is 2.85. The lowest BCUT2D eigenvalue weighted by Gasteiger charge is -2.15. The number of para-hydroxylation sites is 2. The van der Waals surface area contributed by atoms with Crippen molar-refractivity contribution in [3.8, 4) is 5.75 Å². The molecule has 0 saturated heterocycles. The molecule has 0 saturated carbocycles. The Kier molecular flexibility index (Phi) is 3.93. The standard InChI is InChI=1S/C10H15N3O2/c1-7(10(14)13-11)12-8-5-3-4-6-9(8)15-2/h3-7,12H,11H2,1-2H3,(H,13,14). The van der Waals surface area contributed by atoms with Crippen LogP contribution in [-0.2, 0) is 4.79 Å². The van der Waals surface area contributed by atoms with E-state index in [0.29, 0.717) is 5.75 Å². The molecule has 1 rings (SSSR count). The lowest BCUT2D eigenvalue weighted by atomic mass is 10.2. The smallest absolute Gasteiger partial charge is 0.256 e. The van der Waals surface area contributed by atoms with Crippen molar-refractivity contribution in [1.82, 2.24) is 5.43 Å². The number of methoxy groups -OCH3 is 1. The van der Waals surface area contributed by atoms with Gasteiger partial charge in [-0.3, -0.25) is 10.2 Å². The summed E-state index contributed by atoms with van der Waals surface area (Å²) in [5, 5.41) is 3.00. The maximum absolute atomic E-state index is 11.2. The molecular formula is C10H15N3O2. The summed E-state index contributed by atoms with van der Waals surface area (Å²) in [5.41, 5.74) is 2.84. The average molecular weight is 209 g/mol. The number of hydrazine groups is 1. The molecule has 0 radical (unpaired) electrons. The topological polar surface area (TPSA) is 76.4 Å². The second kappa shape index (κ2) is 5.21. The van der Waals surface area contributed by atoms with Gasteiger partial charge in [0.25, 0.3) is 5.91 Å².